The second-order valence-electron chi connectivity index (χ2n) is 4.48. The number of thiophene rings is 1. The molecule has 0 bridgehead atoms. The van der Waals surface area contributed by atoms with Gasteiger partial charge in [-0.1, -0.05) is 6.07 Å². The van der Waals surface area contributed by atoms with Crippen LogP contribution in [-0.2, 0) is 0 Å². The first-order valence-electron chi connectivity index (χ1n) is 6.68. The SMILES string of the molecule is C=NC(=Nc1c(OC)cccc1OC)c1c(C)csc1NC. The molecule has 0 spiro atoms. The van der Waals surface area contributed by atoms with Crippen LogP contribution in [-0.4, -0.2) is 33.8 Å². The summed E-state index contributed by atoms with van der Waals surface area (Å²) in [5.41, 5.74) is 2.63. The van der Waals surface area contributed by atoms with Crippen molar-refractivity contribution in [1.29, 1.82) is 0 Å². The largest absolute Gasteiger partial charge is 0.494 e. The van der Waals surface area contributed by atoms with Gasteiger partial charge in [-0.2, -0.15) is 0 Å². The lowest BCUT2D eigenvalue weighted by Crippen LogP contribution is -2.01. The van der Waals surface area contributed by atoms with E-state index in [0.717, 1.165) is 16.1 Å². The summed E-state index contributed by atoms with van der Waals surface area (Å²) < 4.78 is 10.8. The maximum absolute atomic E-state index is 5.38. The molecule has 5 nitrogen and oxygen atoms in total. The highest BCUT2D eigenvalue weighted by atomic mass is 32.1. The van der Waals surface area contributed by atoms with Gasteiger partial charge in [0.2, 0.25) is 0 Å². The molecule has 0 atom stereocenters. The summed E-state index contributed by atoms with van der Waals surface area (Å²) in [5.74, 6) is 1.78. The average Bonchev–Trinajstić information content (AvgIpc) is 2.93. The minimum absolute atomic E-state index is 0.533. The van der Waals surface area contributed by atoms with E-state index in [1.54, 1.807) is 25.6 Å². The zero-order valence-corrected chi connectivity index (χ0v) is 14.0. The molecule has 6 heteroatoms. The second-order valence-corrected chi connectivity index (χ2v) is 5.36. The van der Waals surface area contributed by atoms with Gasteiger partial charge >= 0.3 is 0 Å². The fourth-order valence-electron chi connectivity index (χ4n) is 2.12. The van der Waals surface area contributed by atoms with Crippen LogP contribution in [0.15, 0.2) is 33.6 Å². The van der Waals surface area contributed by atoms with E-state index >= 15 is 0 Å². The first-order chi connectivity index (χ1) is 10.7. The van der Waals surface area contributed by atoms with Crippen LogP contribution in [0.4, 0.5) is 10.7 Å². The van der Waals surface area contributed by atoms with E-state index in [1.165, 1.54) is 0 Å². The number of aliphatic imine (C=N–C) groups is 2. The third-order valence-electron chi connectivity index (χ3n) is 3.19. The number of hydrogen-bond donors (Lipinski definition) is 1. The molecule has 1 heterocycles. The molecule has 1 aromatic heterocycles. The number of para-hydroxylation sites is 1. The fraction of sp³-hybridized carbons (Fsp3) is 0.250. The zero-order valence-electron chi connectivity index (χ0n) is 13.1. The summed E-state index contributed by atoms with van der Waals surface area (Å²) in [4.78, 5) is 8.74. The van der Waals surface area contributed by atoms with Crippen molar-refractivity contribution >= 4 is 34.6 Å². The fourth-order valence-corrected chi connectivity index (χ4v) is 3.02. The van der Waals surface area contributed by atoms with Crippen LogP contribution in [0.1, 0.15) is 11.1 Å². The van der Waals surface area contributed by atoms with Crippen LogP contribution in [0.3, 0.4) is 0 Å². The Morgan fingerprint density at radius 1 is 1.23 bits per heavy atom. The van der Waals surface area contributed by atoms with Crippen LogP contribution < -0.4 is 14.8 Å². The maximum Gasteiger partial charge on any atom is 0.162 e. The van der Waals surface area contributed by atoms with Crippen molar-refractivity contribution in [2.45, 2.75) is 6.92 Å². The van der Waals surface area contributed by atoms with Gasteiger partial charge in [-0.15, -0.1) is 11.3 Å². The number of anilines is 1. The van der Waals surface area contributed by atoms with Crippen LogP contribution in [0.2, 0.25) is 0 Å². The topological polar surface area (TPSA) is 55.2 Å². The quantitative estimate of drug-likeness (QED) is 0.672. The molecule has 0 aliphatic heterocycles. The maximum atomic E-state index is 5.38. The summed E-state index contributed by atoms with van der Waals surface area (Å²) in [7, 11) is 5.08. The summed E-state index contributed by atoms with van der Waals surface area (Å²) >= 11 is 1.61. The number of benzene rings is 1. The van der Waals surface area contributed by atoms with Gasteiger partial charge < -0.3 is 14.8 Å². The molecular formula is C16H19N3O2S. The summed E-state index contributed by atoms with van der Waals surface area (Å²) in [5, 5.41) is 6.22. The minimum Gasteiger partial charge on any atom is -0.494 e. The van der Waals surface area contributed by atoms with Gasteiger partial charge in [-0.25, -0.2) is 9.98 Å². The van der Waals surface area contributed by atoms with Gasteiger partial charge in [0, 0.05) is 7.05 Å². The number of methoxy groups -OCH3 is 2. The molecule has 0 unspecified atom stereocenters. The number of aryl methyl sites for hydroxylation is 1. The molecular weight excluding hydrogens is 298 g/mol. The molecule has 116 valence electrons. The normalized spacial score (nSPS) is 11.2. The molecule has 0 fully saturated rings. The third kappa shape index (κ3) is 2.96. The second kappa shape index (κ2) is 7.09. The Kier molecular flexibility index (Phi) is 5.16. The lowest BCUT2D eigenvalue weighted by atomic mass is 10.2. The first kappa shape index (κ1) is 16.0. The molecule has 0 aliphatic carbocycles. The Balaban J connectivity index is 2.64. The van der Waals surface area contributed by atoms with E-state index < -0.39 is 0 Å². The van der Waals surface area contributed by atoms with E-state index in [-0.39, 0.29) is 0 Å². The van der Waals surface area contributed by atoms with E-state index in [0.29, 0.717) is 23.0 Å². The van der Waals surface area contributed by atoms with Crippen LogP contribution >= 0.6 is 11.3 Å². The highest BCUT2D eigenvalue weighted by Crippen LogP contribution is 2.38. The van der Waals surface area contributed by atoms with Crippen molar-refractivity contribution in [3.63, 3.8) is 0 Å². The number of nitrogens with zero attached hydrogens (tertiary/aromatic N) is 2. The summed E-state index contributed by atoms with van der Waals surface area (Å²) in [6.07, 6.45) is 0. The van der Waals surface area contributed by atoms with Gasteiger partial charge in [0.25, 0.3) is 0 Å². The number of hydrogen-bond acceptors (Lipinski definition) is 5. The first-order valence-corrected chi connectivity index (χ1v) is 7.56. The van der Waals surface area contributed by atoms with Crippen molar-refractivity contribution < 1.29 is 9.47 Å². The lowest BCUT2D eigenvalue weighted by molar-refractivity contribution is 0.397. The Bertz CT molecular complexity index is 685. The van der Waals surface area contributed by atoms with Gasteiger partial charge in [0.1, 0.15) is 17.2 Å². The molecule has 0 radical (unpaired) electrons. The number of ether oxygens (including phenoxy) is 2. The van der Waals surface area contributed by atoms with Crippen molar-refractivity contribution in [3.8, 4) is 11.5 Å². The van der Waals surface area contributed by atoms with Crippen molar-refractivity contribution in [3.05, 3.63) is 34.7 Å². The van der Waals surface area contributed by atoms with Gasteiger partial charge in [0.15, 0.2) is 5.84 Å². The molecule has 1 N–H and O–H groups in total. The van der Waals surface area contributed by atoms with Crippen molar-refractivity contribution in [1.82, 2.24) is 0 Å². The average molecular weight is 317 g/mol. The Hall–Kier alpha value is -2.34. The molecule has 0 saturated carbocycles. The molecule has 22 heavy (non-hydrogen) atoms. The van der Waals surface area contributed by atoms with Gasteiger partial charge in [0.05, 0.1) is 24.8 Å². The lowest BCUT2D eigenvalue weighted by Gasteiger charge is -2.11. The standard InChI is InChI=1S/C16H19N3O2S/c1-10-9-22-16(18-3)13(10)15(17-2)19-14-11(20-4)7-6-8-12(14)21-5/h6-9,18H,2H2,1,3-5H3. The Labute approximate surface area is 134 Å². The zero-order chi connectivity index (χ0) is 16.1. The molecule has 0 saturated heterocycles. The van der Waals surface area contributed by atoms with Crippen molar-refractivity contribution in [2.24, 2.45) is 9.98 Å². The number of rotatable bonds is 5. The number of amidine groups is 1. The molecule has 0 aliphatic rings. The van der Waals surface area contributed by atoms with E-state index in [4.69, 9.17) is 9.47 Å². The monoisotopic (exact) mass is 317 g/mol. The van der Waals surface area contributed by atoms with Crippen LogP contribution in [0.5, 0.6) is 11.5 Å². The molecule has 2 aromatic rings. The Morgan fingerprint density at radius 3 is 2.36 bits per heavy atom. The van der Waals surface area contributed by atoms with Crippen LogP contribution in [0, 0.1) is 6.92 Å². The minimum atomic E-state index is 0.533. The predicted molar refractivity (Wildman–Crippen MR) is 93.9 cm³/mol. The Morgan fingerprint density at radius 2 is 1.86 bits per heavy atom. The van der Waals surface area contributed by atoms with Gasteiger partial charge in [-0.05, 0) is 36.7 Å². The van der Waals surface area contributed by atoms with Crippen LogP contribution in [0.25, 0.3) is 0 Å². The van der Waals surface area contributed by atoms with E-state index in [2.05, 4.69) is 27.4 Å². The van der Waals surface area contributed by atoms with Gasteiger partial charge in [-0.3, -0.25) is 0 Å². The molecule has 0 amide bonds. The van der Waals surface area contributed by atoms with E-state index in [9.17, 15) is 0 Å². The highest BCUT2D eigenvalue weighted by Gasteiger charge is 2.16. The highest BCUT2D eigenvalue weighted by molar-refractivity contribution is 7.14. The number of nitrogens with one attached hydrogen (secondary N) is 1. The summed E-state index contributed by atoms with van der Waals surface area (Å²) in [6.45, 7) is 5.68. The van der Waals surface area contributed by atoms with E-state index in [1.807, 2.05) is 32.2 Å². The predicted octanol–water partition coefficient (Wildman–Crippen LogP) is 3.89. The van der Waals surface area contributed by atoms with Crippen molar-refractivity contribution in [2.75, 3.05) is 26.6 Å². The molecule has 1 aromatic carbocycles. The smallest absolute Gasteiger partial charge is 0.162 e. The molecule has 2 rings (SSSR count). The third-order valence-corrected chi connectivity index (χ3v) is 4.31. The summed E-state index contributed by atoms with van der Waals surface area (Å²) in [6, 6.07) is 5.52.